The normalized spacial score (nSPS) is 12.1. The molecule has 2 aromatic carbocycles. The number of nitriles is 1. The topological polar surface area (TPSA) is 125 Å². The zero-order chi connectivity index (χ0) is 20.2. The van der Waals surface area contributed by atoms with Crippen LogP contribution in [0.25, 0.3) is 0 Å². The predicted octanol–water partition coefficient (Wildman–Crippen LogP) is 3.73. The van der Waals surface area contributed by atoms with Crippen LogP contribution in [0.5, 0.6) is 0 Å². The van der Waals surface area contributed by atoms with Gasteiger partial charge in [-0.05, 0) is 44.5 Å². The van der Waals surface area contributed by atoms with Gasteiger partial charge in [-0.3, -0.25) is 14.8 Å². The van der Waals surface area contributed by atoms with E-state index in [1.54, 1.807) is 26.0 Å². The minimum absolute atomic E-state index is 0.158. The first-order valence-electron chi connectivity index (χ1n) is 8.16. The van der Waals surface area contributed by atoms with Crippen LogP contribution in [0.2, 0.25) is 0 Å². The Morgan fingerprint density at radius 3 is 2.44 bits per heavy atom. The molecule has 2 aromatic rings. The molecular formula is C18H20N4O4S. The van der Waals surface area contributed by atoms with Gasteiger partial charge >= 0.3 is 0 Å². The van der Waals surface area contributed by atoms with Gasteiger partial charge in [-0.15, -0.1) is 0 Å². The Morgan fingerprint density at radius 2 is 1.85 bits per heavy atom. The average Bonchev–Trinajstić information content (AvgIpc) is 2.57. The maximum Gasteiger partial charge on any atom is 0.293 e. The molecule has 8 nitrogen and oxygen atoms in total. The highest BCUT2D eigenvalue weighted by molar-refractivity contribution is 7.92. The Labute approximate surface area is 158 Å². The number of hydrogen-bond acceptors (Lipinski definition) is 6. The van der Waals surface area contributed by atoms with Gasteiger partial charge in [0.2, 0.25) is 0 Å². The third-order valence-electron chi connectivity index (χ3n) is 3.90. The molecule has 142 valence electrons. The zero-order valence-electron chi connectivity index (χ0n) is 15.2. The van der Waals surface area contributed by atoms with E-state index >= 15 is 0 Å². The summed E-state index contributed by atoms with van der Waals surface area (Å²) in [7, 11) is -3.99. The maximum atomic E-state index is 12.7. The number of benzene rings is 2. The summed E-state index contributed by atoms with van der Waals surface area (Å²) in [6, 6.07) is 10.6. The maximum absolute atomic E-state index is 12.7. The van der Waals surface area contributed by atoms with E-state index in [4.69, 9.17) is 5.26 Å². The van der Waals surface area contributed by atoms with Gasteiger partial charge in [0.15, 0.2) is 0 Å². The van der Waals surface area contributed by atoms with E-state index in [0.29, 0.717) is 5.69 Å². The van der Waals surface area contributed by atoms with Gasteiger partial charge in [0.25, 0.3) is 15.7 Å². The first-order valence-corrected chi connectivity index (χ1v) is 9.64. The lowest BCUT2D eigenvalue weighted by atomic mass is 10.1. The Kier molecular flexibility index (Phi) is 6.02. The molecule has 1 atom stereocenters. The van der Waals surface area contributed by atoms with E-state index in [1.807, 2.05) is 19.1 Å². The number of rotatable bonds is 7. The largest absolute Gasteiger partial charge is 0.376 e. The summed E-state index contributed by atoms with van der Waals surface area (Å²) < 4.78 is 27.8. The molecule has 0 heterocycles. The molecule has 2 N–H and O–H groups in total. The molecular weight excluding hydrogens is 368 g/mol. The second-order valence-electron chi connectivity index (χ2n) is 6.27. The van der Waals surface area contributed by atoms with E-state index in [-0.39, 0.29) is 28.7 Å². The summed E-state index contributed by atoms with van der Waals surface area (Å²) in [6.45, 7) is 5.38. The Hall–Kier alpha value is -3.12. The third kappa shape index (κ3) is 4.95. The molecule has 0 aromatic heterocycles. The molecule has 0 amide bonds. The van der Waals surface area contributed by atoms with Crippen LogP contribution in [0.3, 0.4) is 0 Å². The molecule has 0 aliphatic carbocycles. The van der Waals surface area contributed by atoms with Crippen molar-refractivity contribution in [3.05, 3.63) is 57.6 Å². The smallest absolute Gasteiger partial charge is 0.293 e. The highest BCUT2D eigenvalue weighted by Crippen LogP contribution is 2.29. The quantitative estimate of drug-likeness (QED) is 0.550. The van der Waals surface area contributed by atoms with Crippen molar-refractivity contribution >= 4 is 27.1 Å². The fourth-order valence-electron chi connectivity index (χ4n) is 2.54. The van der Waals surface area contributed by atoms with Gasteiger partial charge in [0.05, 0.1) is 28.0 Å². The molecule has 0 saturated carbocycles. The van der Waals surface area contributed by atoms with Crippen LogP contribution in [-0.2, 0) is 10.0 Å². The van der Waals surface area contributed by atoms with Gasteiger partial charge in [-0.1, -0.05) is 17.7 Å². The number of aryl methyl sites for hydroxylation is 2. The molecule has 0 fully saturated rings. The second kappa shape index (κ2) is 8.05. The number of hydrogen-bond donors (Lipinski definition) is 2. The van der Waals surface area contributed by atoms with Crippen LogP contribution < -0.4 is 10.0 Å². The highest BCUT2D eigenvalue weighted by atomic mass is 32.2. The van der Waals surface area contributed by atoms with E-state index in [2.05, 4.69) is 10.0 Å². The van der Waals surface area contributed by atoms with Crippen LogP contribution in [-0.4, -0.2) is 19.4 Å². The summed E-state index contributed by atoms with van der Waals surface area (Å²) in [6.07, 6.45) is 0.158. The van der Waals surface area contributed by atoms with Crippen molar-refractivity contribution in [2.75, 3.05) is 10.0 Å². The van der Waals surface area contributed by atoms with Gasteiger partial charge in [-0.2, -0.15) is 5.26 Å². The van der Waals surface area contributed by atoms with E-state index in [9.17, 15) is 18.5 Å². The molecule has 27 heavy (non-hydrogen) atoms. The zero-order valence-corrected chi connectivity index (χ0v) is 16.0. The molecule has 2 rings (SSSR count). The molecule has 0 spiro atoms. The van der Waals surface area contributed by atoms with Crippen LogP contribution >= 0.6 is 0 Å². The number of nitro benzene ring substituents is 1. The molecule has 9 heteroatoms. The van der Waals surface area contributed by atoms with Crippen LogP contribution in [0.15, 0.2) is 41.3 Å². The minimum atomic E-state index is -3.99. The Balaban J connectivity index is 2.38. The van der Waals surface area contributed by atoms with Crippen LogP contribution in [0, 0.1) is 35.3 Å². The molecule has 0 radical (unpaired) electrons. The van der Waals surface area contributed by atoms with Crippen LogP contribution in [0.4, 0.5) is 17.1 Å². The van der Waals surface area contributed by atoms with E-state index in [0.717, 1.165) is 17.2 Å². The summed E-state index contributed by atoms with van der Waals surface area (Å²) in [5, 5.41) is 22.9. The number of nitro groups is 1. The van der Waals surface area contributed by atoms with Crippen molar-refractivity contribution < 1.29 is 13.3 Å². The molecule has 0 saturated heterocycles. The van der Waals surface area contributed by atoms with Crippen molar-refractivity contribution in [2.45, 2.75) is 38.1 Å². The number of nitrogens with one attached hydrogen (secondary N) is 2. The lowest BCUT2D eigenvalue weighted by molar-refractivity contribution is -0.384. The van der Waals surface area contributed by atoms with E-state index in [1.165, 1.54) is 12.1 Å². The number of nitrogens with zero attached hydrogens (tertiary/aromatic N) is 2. The first-order chi connectivity index (χ1) is 12.6. The lowest BCUT2D eigenvalue weighted by Crippen LogP contribution is -2.17. The summed E-state index contributed by atoms with van der Waals surface area (Å²) >= 11 is 0. The monoisotopic (exact) mass is 388 g/mol. The first kappa shape index (κ1) is 20.2. The summed E-state index contributed by atoms with van der Waals surface area (Å²) in [5.41, 5.74) is 1.94. The highest BCUT2D eigenvalue weighted by Gasteiger charge is 2.22. The minimum Gasteiger partial charge on any atom is -0.376 e. The van der Waals surface area contributed by atoms with Crippen molar-refractivity contribution in [3.63, 3.8) is 0 Å². The fraction of sp³-hybridized carbons (Fsp3) is 0.278. The van der Waals surface area contributed by atoms with Crippen molar-refractivity contribution in [2.24, 2.45) is 0 Å². The lowest BCUT2D eigenvalue weighted by Gasteiger charge is -2.14. The van der Waals surface area contributed by atoms with Gasteiger partial charge in [0, 0.05) is 12.1 Å². The SMILES string of the molecule is Cc1ccc(NS(=O)(=O)c2ccc(NC(C)CC#N)c([N+](=O)[O-])c2)c(C)c1. The predicted molar refractivity (Wildman–Crippen MR) is 103 cm³/mol. The number of sulfonamides is 1. The Morgan fingerprint density at radius 1 is 1.19 bits per heavy atom. The fourth-order valence-corrected chi connectivity index (χ4v) is 3.69. The summed E-state index contributed by atoms with van der Waals surface area (Å²) in [4.78, 5) is 10.5. The van der Waals surface area contributed by atoms with Crippen molar-refractivity contribution in [1.82, 2.24) is 0 Å². The molecule has 0 aliphatic rings. The van der Waals surface area contributed by atoms with Gasteiger partial charge in [0.1, 0.15) is 5.69 Å². The molecule has 0 bridgehead atoms. The van der Waals surface area contributed by atoms with Crippen molar-refractivity contribution in [1.29, 1.82) is 5.26 Å². The Bertz CT molecular complexity index is 1010. The molecule has 1 unspecified atom stereocenters. The van der Waals surface area contributed by atoms with Crippen molar-refractivity contribution in [3.8, 4) is 6.07 Å². The third-order valence-corrected chi connectivity index (χ3v) is 5.26. The molecule has 0 aliphatic heterocycles. The standard InChI is InChI=1S/C18H20N4O4S/c1-12-4-6-16(13(2)10-12)21-27(25,26)15-5-7-17(18(11-15)22(23)24)20-14(3)8-9-19/h4-7,10-11,14,20-21H,8H2,1-3H3. The number of anilines is 2. The van der Waals surface area contributed by atoms with Gasteiger partial charge < -0.3 is 5.32 Å². The van der Waals surface area contributed by atoms with Gasteiger partial charge in [-0.25, -0.2) is 8.42 Å². The van der Waals surface area contributed by atoms with Crippen LogP contribution in [0.1, 0.15) is 24.5 Å². The second-order valence-corrected chi connectivity index (χ2v) is 7.95. The summed E-state index contributed by atoms with van der Waals surface area (Å²) in [5.74, 6) is 0. The average molecular weight is 388 g/mol. The van der Waals surface area contributed by atoms with E-state index < -0.39 is 14.9 Å².